The highest BCUT2D eigenvalue weighted by atomic mass is 32.2. The maximum atomic E-state index is 13.6. The van der Waals surface area contributed by atoms with Crippen LogP contribution in [0.3, 0.4) is 0 Å². The number of hydrazone groups is 1. The largest absolute Gasteiger partial charge is 0.493 e. The van der Waals surface area contributed by atoms with Crippen molar-refractivity contribution in [1.82, 2.24) is 10.7 Å². The minimum absolute atomic E-state index is 0.0725. The topological polar surface area (TPSA) is 136 Å². The lowest BCUT2D eigenvalue weighted by molar-refractivity contribution is -0.124. The molecule has 1 saturated carbocycles. The molecule has 234 valence electrons. The molecule has 13 heteroatoms. The van der Waals surface area contributed by atoms with E-state index in [1.165, 1.54) is 57.2 Å². The van der Waals surface area contributed by atoms with Gasteiger partial charge < -0.3 is 19.5 Å². The minimum Gasteiger partial charge on any atom is -0.493 e. The zero-order valence-corrected chi connectivity index (χ0v) is 25.3. The van der Waals surface area contributed by atoms with Crippen LogP contribution in [0, 0.1) is 5.82 Å². The van der Waals surface area contributed by atoms with Gasteiger partial charge in [-0.25, -0.2) is 18.2 Å². The summed E-state index contributed by atoms with van der Waals surface area (Å²) in [5, 5.41) is 6.93. The molecule has 1 aliphatic rings. The quantitative estimate of drug-likeness (QED) is 0.216. The molecule has 0 spiro atoms. The number of nitrogens with one attached hydrogen (secondary N) is 2. The first kappa shape index (κ1) is 32.3. The van der Waals surface area contributed by atoms with Crippen molar-refractivity contribution in [2.24, 2.45) is 5.10 Å². The first-order chi connectivity index (χ1) is 21.2. The van der Waals surface area contributed by atoms with Crippen LogP contribution in [-0.2, 0) is 19.6 Å². The van der Waals surface area contributed by atoms with Crippen molar-refractivity contribution < 1.29 is 36.6 Å². The molecule has 11 nitrogen and oxygen atoms in total. The van der Waals surface area contributed by atoms with Crippen LogP contribution in [0.4, 0.5) is 10.1 Å². The number of sulfonamides is 1. The van der Waals surface area contributed by atoms with Gasteiger partial charge in [-0.15, -0.1) is 0 Å². The van der Waals surface area contributed by atoms with Crippen LogP contribution >= 0.6 is 0 Å². The molecule has 3 aromatic carbocycles. The van der Waals surface area contributed by atoms with E-state index in [1.807, 2.05) is 0 Å². The van der Waals surface area contributed by atoms with Gasteiger partial charge in [0.1, 0.15) is 18.1 Å². The number of carbonyl (C=O) groups is 2. The smallest absolute Gasteiger partial charge is 0.264 e. The van der Waals surface area contributed by atoms with E-state index in [1.54, 1.807) is 24.3 Å². The second-order valence-electron chi connectivity index (χ2n) is 10.1. The molecule has 1 fully saturated rings. The number of hydrogen-bond acceptors (Lipinski definition) is 8. The Balaban J connectivity index is 1.38. The van der Waals surface area contributed by atoms with Crippen molar-refractivity contribution in [3.63, 3.8) is 0 Å². The number of hydrogen-bond donors (Lipinski definition) is 2. The molecule has 1 aliphatic carbocycles. The number of rotatable bonds is 13. The van der Waals surface area contributed by atoms with E-state index in [0.717, 1.165) is 42.1 Å². The fraction of sp³-hybridized carbons (Fsp3) is 0.323. The van der Waals surface area contributed by atoms with Gasteiger partial charge >= 0.3 is 0 Å². The molecule has 2 amide bonds. The highest BCUT2D eigenvalue weighted by Gasteiger charge is 2.28. The van der Waals surface area contributed by atoms with E-state index < -0.39 is 28.3 Å². The third-order valence-corrected chi connectivity index (χ3v) is 8.74. The molecule has 0 saturated heterocycles. The summed E-state index contributed by atoms with van der Waals surface area (Å²) in [5.41, 5.74) is 3.02. The van der Waals surface area contributed by atoms with Crippen LogP contribution in [0.2, 0.25) is 0 Å². The first-order valence-corrected chi connectivity index (χ1v) is 15.5. The van der Waals surface area contributed by atoms with E-state index in [0.29, 0.717) is 17.1 Å². The molecule has 0 aromatic heterocycles. The van der Waals surface area contributed by atoms with Crippen LogP contribution in [-0.4, -0.2) is 59.9 Å². The predicted octanol–water partition coefficient (Wildman–Crippen LogP) is 4.02. The summed E-state index contributed by atoms with van der Waals surface area (Å²) in [6.07, 6.45) is 6.82. The Hall–Kier alpha value is -4.65. The number of halogens is 1. The average Bonchev–Trinajstić information content (AvgIpc) is 3.03. The number of ether oxygens (including phenoxy) is 3. The van der Waals surface area contributed by atoms with Gasteiger partial charge in [-0.2, -0.15) is 5.10 Å². The number of nitrogens with zero attached hydrogens (tertiary/aromatic N) is 2. The van der Waals surface area contributed by atoms with Crippen molar-refractivity contribution in [1.29, 1.82) is 0 Å². The summed E-state index contributed by atoms with van der Waals surface area (Å²) in [5.74, 6) is -0.454. The van der Waals surface area contributed by atoms with Gasteiger partial charge in [-0.05, 0) is 79.1 Å². The Kier molecular flexibility index (Phi) is 11.1. The lowest BCUT2D eigenvalue weighted by Gasteiger charge is -2.24. The van der Waals surface area contributed by atoms with Crippen LogP contribution in [0.1, 0.15) is 37.7 Å². The van der Waals surface area contributed by atoms with E-state index in [-0.39, 0.29) is 34.9 Å². The van der Waals surface area contributed by atoms with Crippen LogP contribution in [0.5, 0.6) is 17.2 Å². The van der Waals surface area contributed by atoms with Gasteiger partial charge in [0.15, 0.2) is 18.1 Å². The van der Waals surface area contributed by atoms with Gasteiger partial charge in [0.05, 0.1) is 31.0 Å². The van der Waals surface area contributed by atoms with E-state index >= 15 is 0 Å². The summed E-state index contributed by atoms with van der Waals surface area (Å²) in [4.78, 5) is 24.8. The molecular formula is C31H35FN4O7S. The number of anilines is 1. The molecular weight excluding hydrogens is 591 g/mol. The van der Waals surface area contributed by atoms with Gasteiger partial charge in [-0.3, -0.25) is 13.9 Å². The van der Waals surface area contributed by atoms with Crippen LogP contribution in [0.15, 0.2) is 76.7 Å². The molecule has 0 unspecified atom stereocenters. The van der Waals surface area contributed by atoms with E-state index in [9.17, 15) is 22.4 Å². The number of carbonyl (C=O) groups excluding carboxylic acids is 2. The molecule has 0 heterocycles. The van der Waals surface area contributed by atoms with Crippen molar-refractivity contribution in [2.45, 2.75) is 43.0 Å². The van der Waals surface area contributed by atoms with Crippen LogP contribution in [0.25, 0.3) is 0 Å². The molecule has 0 atom stereocenters. The third kappa shape index (κ3) is 8.69. The molecule has 2 N–H and O–H groups in total. The second kappa shape index (κ2) is 15.2. The van der Waals surface area contributed by atoms with E-state index in [2.05, 4.69) is 15.8 Å². The van der Waals surface area contributed by atoms with Crippen molar-refractivity contribution >= 4 is 33.7 Å². The first-order valence-electron chi connectivity index (χ1n) is 14.0. The number of methoxy groups -OCH3 is 2. The summed E-state index contributed by atoms with van der Waals surface area (Å²) in [7, 11) is -1.51. The van der Waals surface area contributed by atoms with Gasteiger partial charge in [-0.1, -0.05) is 19.3 Å². The molecule has 4 rings (SSSR count). The summed E-state index contributed by atoms with van der Waals surface area (Å²) < 4.78 is 57.7. The zero-order chi connectivity index (χ0) is 31.5. The van der Waals surface area contributed by atoms with Gasteiger partial charge in [0.2, 0.25) is 0 Å². The summed E-state index contributed by atoms with van der Waals surface area (Å²) in [6.45, 7) is -0.730. The molecule has 0 radical (unpaired) electrons. The van der Waals surface area contributed by atoms with Crippen LogP contribution < -0.4 is 29.3 Å². The number of amides is 2. The Morgan fingerprint density at radius 3 is 2.27 bits per heavy atom. The number of benzene rings is 3. The van der Waals surface area contributed by atoms with Gasteiger partial charge in [0.25, 0.3) is 21.8 Å². The molecule has 0 bridgehead atoms. The normalized spacial score (nSPS) is 13.7. The SMILES string of the molecule is COc1ccc(S(=O)(=O)N(CC(=O)N/N=C\c2ccc(OCC(=O)NC3CCCCC3)cc2)c2ccc(F)cc2)cc1OC. The minimum atomic E-state index is -4.30. The lowest BCUT2D eigenvalue weighted by atomic mass is 9.95. The third-order valence-electron chi connectivity index (χ3n) is 6.97. The monoisotopic (exact) mass is 626 g/mol. The zero-order valence-electron chi connectivity index (χ0n) is 24.5. The Morgan fingerprint density at radius 1 is 0.932 bits per heavy atom. The fourth-order valence-corrected chi connectivity index (χ4v) is 6.12. The van der Waals surface area contributed by atoms with Crippen molar-refractivity contribution in [3.05, 3.63) is 78.1 Å². The van der Waals surface area contributed by atoms with Crippen molar-refractivity contribution in [2.75, 3.05) is 31.7 Å². The highest BCUT2D eigenvalue weighted by molar-refractivity contribution is 7.92. The molecule has 3 aromatic rings. The standard InChI is InChI=1S/C31H35FN4O7S/c1-41-28-17-16-27(18-29(28)42-2)44(39,40)36(25-12-10-23(32)11-13-25)20-30(37)35-33-19-22-8-14-26(15-9-22)43-21-31(38)34-24-6-4-3-5-7-24/h8-19,24H,3-7,20-21H2,1-2H3,(H,34,38)(H,35,37)/b33-19-. The maximum Gasteiger partial charge on any atom is 0.264 e. The Morgan fingerprint density at radius 2 is 1.61 bits per heavy atom. The fourth-order valence-electron chi connectivity index (χ4n) is 4.69. The van der Waals surface area contributed by atoms with E-state index in [4.69, 9.17) is 14.2 Å². The maximum absolute atomic E-state index is 13.6. The predicted molar refractivity (Wildman–Crippen MR) is 163 cm³/mol. The Bertz CT molecular complexity index is 1560. The van der Waals surface area contributed by atoms with Gasteiger partial charge in [0, 0.05) is 12.1 Å². The Labute approximate surface area is 256 Å². The highest BCUT2D eigenvalue weighted by Crippen LogP contribution is 2.32. The van der Waals surface area contributed by atoms with Crippen molar-refractivity contribution in [3.8, 4) is 17.2 Å². The molecule has 0 aliphatic heterocycles. The second-order valence-corrected chi connectivity index (χ2v) is 11.9. The molecule has 44 heavy (non-hydrogen) atoms. The average molecular weight is 627 g/mol. The summed E-state index contributed by atoms with van der Waals surface area (Å²) >= 11 is 0. The lowest BCUT2D eigenvalue weighted by Crippen LogP contribution is -2.39. The summed E-state index contributed by atoms with van der Waals surface area (Å²) in [6, 6.07) is 15.7.